The molecule has 0 aliphatic heterocycles. The van der Waals surface area contributed by atoms with E-state index in [0.717, 1.165) is 36.5 Å². The van der Waals surface area contributed by atoms with Crippen molar-refractivity contribution in [2.24, 2.45) is 5.92 Å². The number of ether oxygens (including phenoxy) is 1. The molecule has 1 aromatic heterocycles. The summed E-state index contributed by atoms with van der Waals surface area (Å²) in [5.74, 6) is 1.10. The number of aromatic amines is 1. The van der Waals surface area contributed by atoms with E-state index in [0.29, 0.717) is 18.2 Å². The molecule has 0 spiro atoms. The van der Waals surface area contributed by atoms with E-state index in [1.165, 1.54) is 0 Å². The van der Waals surface area contributed by atoms with E-state index in [1.807, 2.05) is 38.4 Å². The van der Waals surface area contributed by atoms with E-state index in [1.54, 1.807) is 6.07 Å². The predicted molar refractivity (Wildman–Crippen MR) is 100 cm³/mol. The van der Waals surface area contributed by atoms with Crippen LogP contribution in [0.1, 0.15) is 36.5 Å². The third-order valence-electron chi connectivity index (χ3n) is 3.62. The topological polar surface area (TPSA) is 70.2 Å². The van der Waals surface area contributed by atoms with E-state index in [4.69, 9.17) is 4.74 Å². The fourth-order valence-corrected chi connectivity index (χ4v) is 2.42. The zero-order valence-corrected chi connectivity index (χ0v) is 15.5. The maximum Gasteiger partial charge on any atom is 0.276 e. The maximum atomic E-state index is 12.2. The summed E-state index contributed by atoms with van der Waals surface area (Å²) in [6.45, 7) is 5.93. The van der Waals surface area contributed by atoms with Crippen LogP contribution in [0.2, 0.25) is 0 Å². The van der Waals surface area contributed by atoms with Gasteiger partial charge in [0.05, 0.1) is 6.61 Å². The molecular weight excluding hydrogens is 316 g/mol. The van der Waals surface area contributed by atoms with Crippen LogP contribution < -0.4 is 10.1 Å². The number of carbonyl (C=O) groups excluding carboxylic acids is 1. The van der Waals surface area contributed by atoms with Crippen LogP contribution >= 0.6 is 0 Å². The molecule has 136 valence electrons. The molecule has 0 atom stereocenters. The molecular formula is C19H28N4O2. The number of rotatable bonds is 9. The van der Waals surface area contributed by atoms with Crippen LogP contribution in [0.15, 0.2) is 30.3 Å². The van der Waals surface area contributed by atoms with Gasteiger partial charge >= 0.3 is 0 Å². The number of nitrogens with zero attached hydrogens (tertiary/aromatic N) is 2. The largest absolute Gasteiger partial charge is 0.494 e. The van der Waals surface area contributed by atoms with E-state index < -0.39 is 0 Å². The van der Waals surface area contributed by atoms with Crippen molar-refractivity contribution in [1.82, 2.24) is 15.1 Å². The summed E-state index contributed by atoms with van der Waals surface area (Å²) in [4.78, 5) is 14.4. The van der Waals surface area contributed by atoms with Gasteiger partial charge in [-0.3, -0.25) is 9.89 Å². The van der Waals surface area contributed by atoms with Gasteiger partial charge in [-0.15, -0.1) is 0 Å². The van der Waals surface area contributed by atoms with Gasteiger partial charge in [0, 0.05) is 17.9 Å². The summed E-state index contributed by atoms with van der Waals surface area (Å²) in [5, 5.41) is 9.85. The molecule has 2 aromatic rings. The summed E-state index contributed by atoms with van der Waals surface area (Å²) < 4.78 is 5.68. The van der Waals surface area contributed by atoms with E-state index >= 15 is 0 Å². The summed E-state index contributed by atoms with van der Waals surface area (Å²) in [6.07, 6.45) is 1.85. The lowest BCUT2D eigenvalue weighted by Crippen LogP contribution is -2.15. The molecule has 6 heteroatoms. The number of aromatic nitrogens is 2. The predicted octanol–water partition coefficient (Wildman–Crippen LogP) is 3.19. The van der Waals surface area contributed by atoms with Crippen molar-refractivity contribution >= 4 is 11.6 Å². The van der Waals surface area contributed by atoms with Gasteiger partial charge in [-0.25, -0.2) is 0 Å². The molecule has 2 rings (SSSR count). The minimum atomic E-state index is -0.217. The van der Waals surface area contributed by atoms with E-state index in [9.17, 15) is 4.79 Å². The van der Waals surface area contributed by atoms with Crippen LogP contribution in [-0.2, 0) is 6.42 Å². The van der Waals surface area contributed by atoms with Crippen molar-refractivity contribution in [2.75, 3.05) is 32.6 Å². The van der Waals surface area contributed by atoms with Crippen LogP contribution in [-0.4, -0.2) is 48.3 Å². The molecule has 1 heterocycles. The Labute approximate surface area is 149 Å². The number of hydrogen-bond acceptors (Lipinski definition) is 4. The number of carbonyl (C=O) groups is 1. The average molecular weight is 344 g/mol. The van der Waals surface area contributed by atoms with Gasteiger partial charge in [0.25, 0.3) is 5.91 Å². The number of hydrogen-bond donors (Lipinski definition) is 2. The quantitative estimate of drug-likeness (QED) is 0.686. The molecule has 0 bridgehead atoms. The summed E-state index contributed by atoms with van der Waals surface area (Å²) in [7, 11) is 4.09. The van der Waals surface area contributed by atoms with E-state index in [-0.39, 0.29) is 5.91 Å². The van der Waals surface area contributed by atoms with E-state index in [2.05, 4.69) is 34.3 Å². The zero-order chi connectivity index (χ0) is 18.2. The van der Waals surface area contributed by atoms with Gasteiger partial charge in [0.1, 0.15) is 5.75 Å². The minimum absolute atomic E-state index is 0.217. The Morgan fingerprint density at radius 1 is 1.28 bits per heavy atom. The molecule has 2 N–H and O–H groups in total. The third kappa shape index (κ3) is 6.58. The lowest BCUT2D eigenvalue weighted by Gasteiger charge is -2.10. The van der Waals surface area contributed by atoms with Gasteiger partial charge < -0.3 is 15.0 Å². The van der Waals surface area contributed by atoms with Crippen molar-refractivity contribution < 1.29 is 9.53 Å². The SMILES string of the molecule is CC(C)Cc1cc(C(=O)Nc2ccc(OCCCN(C)C)cc2)n[nH]1. The second kappa shape index (κ2) is 9.22. The number of anilines is 1. The molecule has 0 aliphatic carbocycles. The lowest BCUT2D eigenvalue weighted by molar-refractivity contribution is 0.102. The fraction of sp³-hybridized carbons (Fsp3) is 0.474. The summed E-state index contributed by atoms with van der Waals surface area (Å²) in [6, 6.07) is 9.19. The molecule has 0 aliphatic rings. The van der Waals surface area contributed by atoms with Crippen molar-refractivity contribution in [3.8, 4) is 5.75 Å². The van der Waals surface area contributed by atoms with Gasteiger partial charge in [-0.1, -0.05) is 13.8 Å². The summed E-state index contributed by atoms with van der Waals surface area (Å²) >= 11 is 0. The van der Waals surface area contributed by atoms with Crippen molar-refractivity contribution in [2.45, 2.75) is 26.7 Å². The Bertz CT molecular complexity index is 662. The highest BCUT2D eigenvalue weighted by molar-refractivity contribution is 6.02. The zero-order valence-electron chi connectivity index (χ0n) is 15.5. The van der Waals surface area contributed by atoms with Gasteiger partial charge in [-0.05, 0) is 63.2 Å². The molecule has 25 heavy (non-hydrogen) atoms. The molecule has 6 nitrogen and oxygen atoms in total. The Morgan fingerprint density at radius 2 is 2.00 bits per heavy atom. The van der Waals surface area contributed by atoms with Crippen LogP contribution in [0.3, 0.4) is 0 Å². The summed E-state index contributed by atoms with van der Waals surface area (Å²) in [5.41, 5.74) is 2.10. The van der Waals surface area contributed by atoms with Crippen molar-refractivity contribution in [1.29, 1.82) is 0 Å². The minimum Gasteiger partial charge on any atom is -0.494 e. The number of benzene rings is 1. The average Bonchev–Trinajstić information content (AvgIpc) is 3.00. The second-order valence-corrected chi connectivity index (χ2v) is 6.86. The van der Waals surface area contributed by atoms with Crippen molar-refractivity contribution in [3.63, 3.8) is 0 Å². The second-order valence-electron chi connectivity index (χ2n) is 6.86. The first-order valence-electron chi connectivity index (χ1n) is 8.67. The number of H-pyrrole nitrogens is 1. The van der Waals surface area contributed by atoms with Crippen LogP contribution in [0.25, 0.3) is 0 Å². The highest BCUT2D eigenvalue weighted by Gasteiger charge is 2.11. The number of nitrogens with one attached hydrogen (secondary N) is 2. The molecule has 0 unspecified atom stereocenters. The molecule has 0 radical (unpaired) electrons. The highest BCUT2D eigenvalue weighted by Crippen LogP contribution is 2.17. The molecule has 1 aromatic carbocycles. The number of amides is 1. The van der Waals surface area contributed by atoms with Crippen LogP contribution in [0, 0.1) is 5.92 Å². The highest BCUT2D eigenvalue weighted by atomic mass is 16.5. The molecule has 1 amide bonds. The lowest BCUT2D eigenvalue weighted by atomic mass is 10.1. The Morgan fingerprint density at radius 3 is 2.64 bits per heavy atom. The van der Waals surface area contributed by atoms with Gasteiger partial charge in [0.2, 0.25) is 0 Å². The smallest absolute Gasteiger partial charge is 0.276 e. The van der Waals surface area contributed by atoms with Gasteiger partial charge in [-0.2, -0.15) is 5.10 Å². The first kappa shape index (κ1) is 19.0. The Balaban J connectivity index is 1.83. The first-order chi connectivity index (χ1) is 11.9. The monoisotopic (exact) mass is 344 g/mol. The van der Waals surface area contributed by atoms with Crippen LogP contribution in [0.4, 0.5) is 5.69 Å². The molecule has 0 saturated heterocycles. The fourth-order valence-electron chi connectivity index (χ4n) is 2.42. The maximum absolute atomic E-state index is 12.2. The molecule has 0 fully saturated rings. The Kier molecular flexibility index (Phi) is 7.01. The first-order valence-corrected chi connectivity index (χ1v) is 8.67. The molecule has 0 saturated carbocycles. The third-order valence-corrected chi connectivity index (χ3v) is 3.62. The normalized spacial score (nSPS) is 11.1. The van der Waals surface area contributed by atoms with Gasteiger partial charge in [0.15, 0.2) is 5.69 Å². The van der Waals surface area contributed by atoms with Crippen LogP contribution in [0.5, 0.6) is 5.75 Å². The Hall–Kier alpha value is -2.34. The standard InChI is InChI=1S/C19H28N4O2/c1-14(2)12-16-13-18(22-21-16)19(24)20-15-6-8-17(9-7-15)25-11-5-10-23(3)4/h6-9,13-14H,5,10-12H2,1-4H3,(H,20,24)(H,21,22). The van der Waals surface area contributed by atoms with Crippen molar-refractivity contribution in [3.05, 3.63) is 41.7 Å².